The predicted molar refractivity (Wildman–Crippen MR) is 57.4 cm³/mol. The molecule has 1 saturated carbocycles. The molecule has 82 valence electrons. The van der Waals surface area contributed by atoms with E-state index < -0.39 is 5.60 Å². The van der Waals surface area contributed by atoms with Crippen LogP contribution in [0.25, 0.3) is 0 Å². The Morgan fingerprint density at radius 1 is 1.21 bits per heavy atom. The molecule has 0 amide bonds. The molecule has 1 rings (SSSR count). The highest BCUT2D eigenvalue weighted by Crippen LogP contribution is 2.33. The van der Waals surface area contributed by atoms with Crippen LogP contribution in [0.1, 0.15) is 58.8 Å². The molecule has 0 atom stereocenters. The van der Waals surface area contributed by atoms with E-state index >= 15 is 0 Å². The minimum Gasteiger partial charge on any atom is -0.367 e. The summed E-state index contributed by atoms with van der Waals surface area (Å²) >= 11 is 0. The summed E-state index contributed by atoms with van der Waals surface area (Å²) in [5, 5.41) is 0. The number of rotatable bonds is 5. The summed E-state index contributed by atoms with van der Waals surface area (Å²) in [4.78, 5) is 11.9. The van der Waals surface area contributed by atoms with Crippen LogP contribution >= 0.6 is 0 Å². The summed E-state index contributed by atoms with van der Waals surface area (Å²) < 4.78 is 5.82. The van der Waals surface area contributed by atoms with Gasteiger partial charge in [-0.15, -0.1) is 0 Å². The molecule has 0 unspecified atom stereocenters. The van der Waals surface area contributed by atoms with Gasteiger partial charge in [-0.05, 0) is 19.3 Å². The third kappa shape index (κ3) is 2.57. The van der Waals surface area contributed by atoms with Crippen LogP contribution in [0.4, 0.5) is 0 Å². The molecule has 0 aromatic heterocycles. The number of hydrogen-bond acceptors (Lipinski definition) is 2. The van der Waals surface area contributed by atoms with E-state index in [2.05, 4.69) is 6.92 Å². The summed E-state index contributed by atoms with van der Waals surface area (Å²) in [7, 11) is 0. The number of ketones is 1. The van der Waals surface area contributed by atoms with Crippen molar-refractivity contribution in [2.45, 2.75) is 64.4 Å². The Morgan fingerprint density at radius 2 is 1.86 bits per heavy atom. The first-order valence-corrected chi connectivity index (χ1v) is 5.92. The summed E-state index contributed by atoms with van der Waals surface area (Å²) in [5.74, 6) is 0.311. The third-order valence-corrected chi connectivity index (χ3v) is 3.07. The molecule has 0 saturated heterocycles. The molecule has 0 aromatic carbocycles. The number of Topliss-reactive ketones (excluding diaryl/α,β-unsaturated/α-hetero) is 1. The quantitative estimate of drug-likeness (QED) is 0.678. The maximum Gasteiger partial charge on any atom is 0.164 e. The van der Waals surface area contributed by atoms with Gasteiger partial charge >= 0.3 is 0 Å². The lowest BCUT2D eigenvalue weighted by atomic mass is 9.80. The lowest BCUT2D eigenvalue weighted by Crippen LogP contribution is -2.43. The van der Waals surface area contributed by atoms with E-state index in [1.54, 1.807) is 0 Å². The fourth-order valence-corrected chi connectivity index (χ4v) is 2.25. The van der Waals surface area contributed by atoms with Gasteiger partial charge in [0.25, 0.3) is 0 Å². The summed E-state index contributed by atoms with van der Waals surface area (Å²) in [6, 6.07) is 0. The number of ether oxygens (including phenoxy) is 1. The molecule has 2 nitrogen and oxygen atoms in total. The molecule has 0 radical (unpaired) electrons. The highest BCUT2D eigenvalue weighted by Gasteiger charge is 2.38. The largest absolute Gasteiger partial charge is 0.367 e. The Bertz CT molecular complexity index is 181. The molecule has 0 N–H and O–H groups in total. The molecule has 0 bridgehead atoms. The van der Waals surface area contributed by atoms with E-state index in [0.717, 1.165) is 38.7 Å². The van der Waals surface area contributed by atoms with Gasteiger partial charge in [0.05, 0.1) is 0 Å². The van der Waals surface area contributed by atoms with Crippen molar-refractivity contribution in [1.29, 1.82) is 0 Å². The SMILES string of the molecule is CCCOC1(C(=O)CC)CCCCC1. The summed E-state index contributed by atoms with van der Waals surface area (Å²) in [6.07, 6.45) is 7.06. The molecule has 1 aliphatic rings. The minimum absolute atomic E-state index is 0.311. The summed E-state index contributed by atoms with van der Waals surface area (Å²) in [5.41, 5.74) is -0.400. The van der Waals surface area contributed by atoms with Crippen molar-refractivity contribution in [2.24, 2.45) is 0 Å². The van der Waals surface area contributed by atoms with Gasteiger partial charge in [0.2, 0.25) is 0 Å². The number of hydrogen-bond donors (Lipinski definition) is 0. The van der Waals surface area contributed by atoms with Crippen molar-refractivity contribution < 1.29 is 9.53 Å². The van der Waals surface area contributed by atoms with Gasteiger partial charge in [-0.1, -0.05) is 33.1 Å². The molecular formula is C12H22O2. The molecular weight excluding hydrogens is 176 g/mol. The van der Waals surface area contributed by atoms with Crippen LogP contribution < -0.4 is 0 Å². The fourth-order valence-electron chi connectivity index (χ4n) is 2.25. The highest BCUT2D eigenvalue weighted by atomic mass is 16.5. The van der Waals surface area contributed by atoms with Crippen LogP contribution in [0.2, 0.25) is 0 Å². The topological polar surface area (TPSA) is 26.3 Å². The number of carbonyl (C=O) groups is 1. The zero-order valence-corrected chi connectivity index (χ0v) is 9.47. The lowest BCUT2D eigenvalue weighted by molar-refractivity contribution is -0.149. The second-order valence-electron chi connectivity index (χ2n) is 4.18. The van der Waals surface area contributed by atoms with Crippen LogP contribution in [0.3, 0.4) is 0 Å². The van der Waals surface area contributed by atoms with Gasteiger partial charge in [0, 0.05) is 13.0 Å². The monoisotopic (exact) mass is 198 g/mol. The average Bonchev–Trinajstić information content (AvgIpc) is 2.26. The van der Waals surface area contributed by atoms with E-state index in [1.807, 2.05) is 6.92 Å². The normalized spacial score (nSPS) is 20.7. The van der Waals surface area contributed by atoms with Crippen LogP contribution in [-0.2, 0) is 9.53 Å². The second-order valence-corrected chi connectivity index (χ2v) is 4.18. The molecule has 14 heavy (non-hydrogen) atoms. The van der Waals surface area contributed by atoms with Gasteiger partial charge in [-0.3, -0.25) is 4.79 Å². The Balaban J connectivity index is 2.61. The van der Waals surface area contributed by atoms with Crippen molar-refractivity contribution in [3.8, 4) is 0 Å². The third-order valence-electron chi connectivity index (χ3n) is 3.07. The Hall–Kier alpha value is -0.370. The van der Waals surface area contributed by atoms with Crippen molar-refractivity contribution in [2.75, 3.05) is 6.61 Å². The van der Waals surface area contributed by atoms with Crippen molar-refractivity contribution in [3.05, 3.63) is 0 Å². The van der Waals surface area contributed by atoms with Crippen molar-refractivity contribution in [1.82, 2.24) is 0 Å². The number of carbonyl (C=O) groups excluding carboxylic acids is 1. The smallest absolute Gasteiger partial charge is 0.164 e. The first-order chi connectivity index (χ1) is 6.75. The maximum atomic E-state index is 11.9. The molecule has 0 spiro atoms. The van der Waals surface area contributed by atoms with Gasteiger partial charge < -0.3 is 4.74 Å². The standard InChI is InChI=1S/C12H22O2/c1-3-10-14-12(11(13)4-2)8-6-5-7-9-12/h3-10H2,1-2H3. The van der Waals surface area contributed by atoms with Crippen molar-refractivity contribution >= 4 is 5.78 Å². The van der Waals surface area contributed by atoms with Crippen molar-refractivity contribution in [3.63, 3.8) is 0 Å². The van der Waals surface area contributed by atoms with Gasteiger partial charge in [0.15, 0.2) is 5.78 Å². The van der Waals surface area contributed by atoms with E-state index in [4.69, 9.17) is 4.74 Å². The van der Waals surface area contributed by atoms with Crippen LogP contribution in [0, 0.1) is 0 Å². The van der Waals surface area contributed by atoms with Crippen LogP contribution in [-0.4, -0.2) is 18.0 Å². The summed E-state index contributed by atoms with van der Waals surface area (Å²) in [6.45, 7) is 4.76. The fraction of sp³-hybridized carbons (Fsp3) is 0.917. The van der Waals surface area contributed by atoms with Gasteiger partial charge in [0.1, 0.15) is 5.60 Å². The zero-order valence-electron chi connectivity index (χ0n) is 9.47. The molecule has 0 heterocycles. The van der Waals surface area contributed by atoms with Gasteiger partial charge in [-0.2, -0.15) is 0 Å². The van der Waals surface area contributed by atoms with E-state index in [-0.39, 0.29) is 0 Å². The average molecular weight is 198 g/mol. The van der Waals surface area contributed by atoms with Crippen LogP contribution in [0.15, 0.2) is 0 Å². The molecule has 0 aliphatic heterocycles. The van der Waals surface area contributed by atoms with E-state index in [1.165, 1.54) is 6.42 Å². The Labute approximate surface area is 87.0 Å². The Kier molecular flexibility index (Phi) is 4.59. The molecule has 2 heteroatoms. The first-order valence-electron chi connectivity index (χ1n) is 5.92. The van der Waals surface area contributed by atoms with Gasteiger partial charge in [-0.25, -0.2) is 0 Å². The second kappa shape index (κ2) is 5.50. The highest BCUT2D eigenvalue weighted by molar-refractivity contribution is 5.87. The molecule has 1 fully saturated rings. The zero-order chi connectivity index (χ0) is 10.4. The Morgan fingerprint density at radius 3 is 2.36 bits per heavy atom. The maximum absolute atomic E-state index is 11.9. The first kappa shape index (κ1) is 11.7. The minimum atomic E-state index is -0.400. The van der Waals surface area contributed by atoms with E-state index in [9.17, 15) is 4.79 Å². The molecule has 0 aromatic rings. The van der Waals surface area contributed by atoms with E-state index in [0.29, 0.717) is 12.2 Å². The lowest BCUT2D eigenvalue weighted by Gasteiger charge is -2.35. The predicted octanol–water partition coefficient (Wildman–Crippen LogP) is 3.10. The van der Waals surface area contributed by atoms with Crippen LogP contribution in [0.5, 0.6) is 0 Å². The molecule has 1 aliphatic carbocycles.